The van der Waals surface area contributed by atoms with Gasteiger partial charge in [0, 0.05) is 22.4 Å². The normalized spacial score (nSPS) is 0. The summed E-state index contributed by atoms with van der Waals surface area (Å²) in [5.41, 5.74) is 0. The van der Waals surface area contributed by atoms with Crippen molar-refractivity contribution in [3.05, 3.63) is 0 Å². The van der Waals surface area contributed by atoms with E-state index in [9.17, 15) is 0 Å². The minimum atomic E-state index is 0. The molecule has 0 saturated carbocycles. The molecule has 4 heavy (non-hydrogen) atoms. The van der Waals surface area contributed by atoms with Gasteiger partial charge in [-0.05, 0) is 0 Å². The summed E-state index contributed by atoms with van der Waals surface area (Å²) in [6.45, 7) is 0. The van der Waals surface area contributed by atoms with Crippen LogP contribution in [0.4, 0.5) is 0 Å². The van der Waals surface area contributed by atoms with Gasteiger partial charge in [0.15, 0.2) is 0 Å². The molecule has 35 valence electrons. The average molecular weight is 439 g/mol. The first-order chi connectivity index (χ1) is 0. The van der Waals surface area contributed by atoms with Crippen LogP contribution in [-0.4, -0.2) is 65.7 Å². The van der Waals surface area contributed by atoms with E-state index in [1.807, 2.05) is 0 Å². The Morgan fingerprint density at radius 1 is 1.00 bits per heavy atom. The predicted molar refractivity (Wildman–Crippen MR) is 29.8 cm³/mol. The number of hydrogen-bond acceptors (Lipinski definition) is 0. The SMILES string of the molecule is [Ag].[GeH4].[SbH3].[TeH2]. The van der Waals surface area contributed by atoms with Crippen molar-refractivity contribution in [1.29, 1.82) is 0 Å². The topological polar surface area (TPSA) is 0 Å². The van der Waals surface area contributed by atoms with E-state index in [-0.39, 0.29) is 88.1 Å². The van der Waals surface area contributed by atoms with Crippen LogP contribution in [0.1, 0.15) is 0 Å². The molecule has 0 fully saturated rings. The van der Waals surface area contributed by atoms with Gasteiger partial charge >= 0.3 is 65.7 Å². The van der Waals surface area contributed by atoms with Crippen molar-refractivity contribution in [2.24, 2.45) is 0 Å². The van der Waals surface area contributed by atoms with Gasteiger partial charge in [0.1, 0.15) is 0 Å². The maximum absolute atomic E-state index is 0. The Kier molecular flexibility index (Phi) is 121. The summed E-state index contributed by atoms with van der Waals surface area (Å²) in [7, 11) is 0. The van der Waals surface area contributed by atoms with Crippen LogP contribution >= 0.6 is 0 Å². The second-order valence-electron chi connectivity index (χ2n) is 0. The van der Waals surface area contributed by atoms with Crippen LogP contribution in [0.2, 0.25) is 0 Å². The summed E-state index contributed by atoms with van der Waals surface area (Å²) < 4.78 is 0. The van der Waals surface area contributed by atoms with Crippen LogP contribution < -0.4 is 0 Å². The van der Waals surface area contributed by atoms with Crippen molar-refractivity contribution in [3.8, 4) is 0 Å². The first-order valence-corrected chi connectivity index (χ1v) is 0. The molecule has 0 N–H and O–H groups in total. The number of rotatable bonds is 0. The van der Waals surface area contributed by atoms with E-state index >= 15 is 0 Å². The number of hydrogen-bond donors (Lipinski definition) is 0. The van der Waals surface area contributed by atoms with Crippen molar-refractivity contribution >= 4 is 65.7 Å². The molecule has 0 rings (SSSR count). The molecule has 0 amide bonds. The van der Waals surface area contributed by atoms with Crippen molar-refractivity contribution in [2.45, 2.75) is 0 Å². The van der Waals surface area contributed by atoms with Gasteiger partial charge in [-0.1, -0.05) is 0 Å². The molecule has 0 saturated heterocycles. The Balaban J connectivity index is 0. The van der Waals surface area contributed by atoms with Crippen molar-refractivity contribution in [2.75, 3.05) is 0 Å². The van der Waals surface area contributed by atoms with Gasteiger partial charge in [0.05, 0.1) is 0 Å². The van der Waals surface area contributed by atoms with Gasteiger partial charge in [-0.25, -0.2) is 0 Å². The molecule has 0 spiro atoms. The molecular formula is H9AgGeSbTe. The van der Waals surface area contributed by atoms with E-state index in [4.69, 9.17) is 0 Å². The molecule has 0 aliphatic rings. The Morgan fingerprint density at radius 2 is 1.00 bits per heavy atom. The van der Waals surface area contributed by atoms with Gasteiger partial charge in [-0.15, -0.1) is 0 Å². The third-order valence-corrected chi connectivity index (χ3v) is 0. The van der Waals surface area contributed by atoms with Gasteiger partial charge in [0.25, 0.3) is 0 Å². The van der Waals surface area contributed by atoms with Crippen molar-refractivity contribution in [1.82, 2.24) is 0 Å². The summed E-state index contributed by atoms with van der Waals surface area (Å²) >= 11 is 0. The molecule has 0 nitrogen and oxygen atoms in total. The van der Waals surface area contributed by atoms with Crippen LogP contribution in [0.15, 0.2) is 0 Å². The molecule has 0 aliphatic heterocycles. The van der Waals surface area contributed by atoms with Crippen LogP contribution in [0.25, 0.3) is 0 Å². The summed E-state index contributed by atoms with van der Waals surface area (Å²) in [5, 5.41) is 0. The molecule has 0 atom stereocenters. The summed E-state index contributed by atoms with van der Waals surface area (Å²) in [4.78, 5) is 0. The zero-order valence-electron chi connectivity index (χ0n) is 1.51. The first-order valence-electron chi connectivity index (χ1n) is 0. The van der Waals surface area contributed by atoms with Gasteiger partial charge in [0.2, 0.25) is 0 Å². The first kappa shape index (κ1) is 28.6. The summed E-state index contributed by atoms with van der Waals surface area (Å²) in [6, 6.07) is 0. The Bertz CT molecular complexity index is 8.00. The average Bonchev–Trinajstić information content (AvgIpc) is 0. The Morgan fingerprint density at radius 3 is 1.00 bits per heavy atom. The van der Waals surface area contributed by atoms with E-state index in [1.165, 1.54) is 0 Å². The fourth-order valence-electron chi connectivity index (χ4n) is 0. The molecule has 0 heterocycles. The van der Waals surface area contributed by atoms with E-state index < -0.39 is 0 Å². The van der Waals surface area contributed by atoms with Crippen LogP contribution in [-0.2, 0) is 22.4 Å². The summed E-state index contributed by atoms with van der Waals surface area (Å²) in [6.07, 6.45) is 0. The maximum atomic E-state index is 0. The second kappa shape index (κ2) is 16.9. The van der Waals surface area contributed by atoms with Crippen LogP contribution in [0.5, 0.6) is 0 Å². The molecule has 4 heteroatoms. The van der Waals surface area contributed by atoms with E-state index in [2.05, 4.69) is 0 Å². The molecule has 0 aromatic heterocycles. The summed E-state index contributed by atoms with van der Waals surface area (Å²) in [5.74, 6) is 0. The molecule has 1 radical (unpaired) electrons. The molecule has 0 aliphatic carbocycles. The second-order valence-corrected chi connectivity index (χ2v) is 0. The zero-order chi connectivity index (χ0) is 0. The molecular weight excluding hydrogens is 430 g/mol. The quantitative estimate of drug-likeness (QED) is 0.344. The Labute approximate surface area is 86.5 Å². The monoisotopic (exact) mass is 441 g/mol. The fraction of sp³-hybridized carbons (Fsp3) is 0. The molecule has 0 aromatic carbocycles. The van der Waals surface area contributed by atoms with Crippen LogP contribution in [0, 0.1) is 0 Å². The molecule has 0 aromatic rings. The van der Waals surface area contributed by atoms with E-state index in [1.54, 1.807) is 0 Å². The van der Waals surface area contributed by atoms with Crippen LogP contribution in [0.3, 0.4) is 0 Å². The standard InChI is InChI=1S/Ag.GeH4.Sb.H2Te.3H/h;1H4;;1H2;;;. The Hall–Kier alpha value is 2.89. The van der Waals surface area contributed by atoms with Gasteiger partial charge in [-0.2, -0.15) is 0 Å². The molecule has 0 bridgehead atoms. The predicted octanol–water partition coefficient (Wildman–Crippen LogP) is -3.55. The van der Waals surface area contributed by atoms with Gasteiger partial charge in [-0.3, -0.25) is 0 Å². The van der Waals surface area contributed by atoms with Crippen molar-refractivity contribution < 1.29 is 22.4 Å². The minimum absolute atomic E-state index is 0. The third kappa shape index (κ3) is 8.86. The zero-order valence-corrected chi connectivity index (χ0v) is 9.88. The third-order valence-electron chi connectivity index (χ3n) is 0. The fourth-order valence-corrected chi connectivity index (χ4v) is 0. The van der Waals surface area contributed by atoms with Gasteiger partial charge < -0.3 is 0 Å². The van der Waals surface area contributed by atoms with E-state index in [0.29, 0.717) is 0 Å². The van der Waals surface area contributed by atoms with Crippen molar-refractivity contribution in [3.63, 3.8) is 0 Å². The molecule has 0 unspecified atom stereocenters. The van der Waals surface area contributed by atoms with E-state index in [0.717, 1.165) is 0 Å².